The average molecular weight is 511 g/mol. The Labute approximate surface area is 229 Å². The number of furan rings is 2. The van der Waals surface area contributed by atoms with Crippen molar-refractivity contribution in [3.8, 4) is 22.3 Å². The van der Waals surface area contributed by atoms with Crippen LogP contribution in [0.4, 0.5) is 0 Å². The maximum atomic E-state index is 6.83. The zero-order valence-electron chi connectivity index (χ0n) is 21.5. The van der Waals surface area contributed by atoms with E-state index in [0.717, 1.165) is 60.4 Å². The molecule has 0 aliphatic heterocycles. The molecule has 0 fully saturated rings. The van der Waals surface area contributed by atoms with Crippen LogP contribution in [-0.2, 0) is 0 Å². The molecule has 0 aliphatic rings. The molecule has 2 aromatic heterocycles. The van der Waals surface area contributed by atoms with Crippen molar-refractivity contribution in [3.63, 3.8) is 0 Å². The molecule has 9 rings (SSSR count). The fraction of sp³-hybridized carbons (Fsp3) is 0. The smallest absolute Gasteiger partial charge is 0.144 e. The van der Waals surface area contributed by atoms with Crippen LogP contribution >= 0.6 is 0 Å². The van der Waals surface area contributed by atoms with Crippen LogP contribution in [0.2, 0.25) is 0 Å². The zero-order chi connectivity index (χ0) is 26.2. The molecule has 0 atom stereocenters. The predicted molar refractivity (Wildman–Crippen MR) is 167 cm³/mol. The summed E-state index contributed by atoms with van der Waals surface area (Å²) in [6, 6.07) is 47.0. The number of hydrogen-bond acceptors (Lipinski definition) is 2. The van der Waals surface area contributed by atoms with Gasteiger partial charge in [0.1, 0.15) is 22.3 Å². The zero-order valence-corrected chi connectivity index (χ0v) is 21.5. The summed E-state index contributed by atoms with van der Waals surface area (Å²) < 4.78 is 13.1. The third-order valence-electron chi connectivity index (χ3n) is 8.27. The quantitative estimate of drug-likeness (QED) is 0.231. The summed E-state index contributed by atoms with van der Waals surface area (Å²) in [6.07, 6.45) is 0. The molecule has 2 nitrogen and oxygen atoms in total. The standard InChI is InChI=1S/C38H22O2/c1-2-13-24-23(11-1)12-9-18-25(24)35-26-14-3-4-15-27(26)36(38-37(35)29-17-6-8-21-32(29)40-38)30-19-10-22-33-34(30)28-16-5-7-20-31(28)39-33/h1-22H. The summed E-state index contributed by atoms with van der Waals surface area (Å²) >= 11 is 0. The minimum atomic E-state index is 0.880. The first-order chi connectivity index (χ1) is 19.9. The van der Waals surface area contributed by atoms with Crippen LogP contribution in [0.3, 0.4) is 0 Å². The minimum absolute atomic E-state index is 0.880. The van der Waals surface area contributed by atoms with Crippen molar-refractivity contribution in [2.45, 2.75) is 0 Å². The number of rotatable bonds is 2. The highest BCUT2D eigenvalue weighted by Gasteiger charge is 2.24. The van der Waals surface area contributed by atoms with Crippen LogP contribution in [0.1, 0.15) is 0 Å². The highest BCUT2D eigenvalue weighted by atomic mass is 16.3. The summed E-state index contributed by atoms with van der Waals surface area (Å²) in [7, 11) is 0. The Morgan fingerprint density at radius 3 is 1.65 bits per heavy atom. The molecule has 0 saturated carbocycles. The average Bonchev–Trinajstić information content (AvgIpc) is 3.58. The lowest BCUT2D eigenvalue weighted by atomic mass is 9.85. The van der Waals surface area contributed by atoms with Crippen molar-refractivity contribution in [1.82, 2.24) is 0 Å². The molecular weight excluding hydrogens is 488 g/mol. The van der Waals surface area contributed by atoms with Gasteiger partial charge in [-0.3, -0.25) is 0 Å². The number of fused-ring (bicyclic) bond motifs is 8. The molecule has 0 saturated heterocycles. The fourth-order valence-electron chi connectivity index (χ4n) is 6.62. The van der Waals surface area contributed by atoms with Crippen molar-refractivity contribution in [3.05, 3.63) is 133 Å². The third-order valence-corrected chi connectivity index (χ3v) is 8.27. The van der Waals surface area contributed by atoms with E-state index in [1.807, 2.05) is 18.2 Å². The summed E-state index contributed by atoms with van der Waals surface area (Å²) in [5.74, 6) is 0. The van der Waals surface area contributed by atoms with Crippen molar-refractivity contribution in [1.29, 1.82) is 0 Å². The second-order valence-corrected chi connectivity index (χ2v) is 10.4. The molecule has 0 bridgehead atoms. The summed E-state index contributed by atoms with van der Waals surface area (Å²) in [4.78, 5) is 0. The number of hydrogen-bond donors (Lipinski definition) is 0. The Bertz CT molecular complexity index is 2430. The molecule has 0 radical (unpaired) electrons. The molecular formula is C38H22O2. The summed E-state index contributed by atoms with van der Waals surface area (Å²) in [6.45, 7) is 0. The molecule has 40 heavy (non-hydrogen) atoms. The first kappa shape index (κ1) is 21.6. The molecule has 0 unspecified atom stereocenters. The van der Waals surface area contributed by atoms with E-state index in [-0.39, 0.29) is 0 Å². The lowest BCUT2D eigenvalue weighted by Gasteiger charge is -2.16. The maximum Gasteiger partial charge on any atom is 0.144 e. The van der Waals surface area contributed by atoms with E-state index in [1.165, 1.54) is 27.3 Å². The van der Waals surface area contributed by atoms with E-state index in [9.17, 15) is 0 Å². The minimum Gasteiger partial charge on any atom is -0.456 e. The molecule has 2 heteroatoms. The van der Waals surface area contributed by atoms with Gasteiger partial charge in [-0.05, 0) is 50.9 Å². The van der Waals surface area contributed by atoms with Gasteiger partial charge in [-0.25, -0.2) is 0 Å². The van der Waals surface area contributed by atoms with Gasteiger partial charge < -0.3 is 8.83 Å². The highest BCUT2D eigenvalue weighted by Crippen LogP contribution is 2.50. The SMILES string of the molecule is c1ccc2c(-c3c4ccccc4c(-c4cccc5oc6ccccc6c45)c4oc5ccccc5c34)cccc2c1. The molecule has 9 aromatic rings. The predicted octanol–water partition coefficient (Wildman–Crippen LogP) is 11.1. The number of benzene rings is 7. The van der Waals surface area contributed by atoms with Gasteiger partial charge in [0.05, 0.1) is 0 Å². The van der Waals surface area contributed by atoms with E-state index in [1.54, 1.807) is 0 Å². The van der Waals surface area contributed by atoms with Gasteiger partial charge in [-0.2, -0.15) is 0 Å². The van der Waals surface area contributed by atoms with E-state index in [2.05, 4.69) is 115 Å². The van der Waals surface area contributed by atoms with Crippen molar-refractivity contribution < 1.29 is 8.83 Å². The van der Waals surface area contributed by atoms with E-state index < -0.39 is 0 Å². The van der Waals surface area contributed by atoms with Crippen LogP contribution in [0.15, 0.2) is 142 Å². The Hall–Kier alpha value is -5.34. The van der Waals surface area contributed by atoms with Crippen LogP contribution in [0.25, 0.3) is 87.7 Å². The van der Waals surface area contributed by atoms with Gasteiger partial charge in [0, 0.05) is 32.7 Å². The molecule has 0 N–H and O–H groups in total. The molecule has 0 spiro atoms. The van der Waals surface area contributed by atoms with Gasteiger partial charge in [0.25, 0.3) is 0 Å². The van der Waals surface area contributed by atoms with Gasteiger partial charge in [-0.1, -0.05) is 115 Å². The van der Waals surface area contributed by atoms with Crippen LogP contribution in [0.5, 0.6) is 0 Å². The lowest BCUT2D eigenvalue weighted by Crippen LogP contribution is -1.90. The van der Waals surface area contributed by atoms with Crippen LogP contribution in [-0.4, -0.2) is 0 Å². The molecule has 7 aromatic carbocycles. The second-order valence-electron chi connectivity index (χ2n) is 10.4. The van der Waals surface area contributed by atoms with E-state index in [0.29, 0.717) is 0 Å². The van der Waals surface area contributed by atoms with Gasteiger partial charge in [0.2, 0.25) is 0 Å². The Kier molecular flexibility index (Phi) is 4.36. The Balaban J connectivity index is 1.55. The first-order valence-electron chi connectivity index (χ1n) is 13.6. The van der Waals surface area contributed by atoms with E-state index in [4.69, 9.17) is 8.83 Å². The van der Waals surface area contributed by atoms with Crippen molar-refractivity contribution in [2.75, 3.05) is 0 Å². The Morgan fingerprint density at radius 1 is 0.325 bits per heavy atom. The molecule has 2 heterocycles. The molecule has 186 valence electrons. The second kappa shape index (κ2) is 8.08. The maximum absolute atomic E-state index is 6.83. The van der Waals surface area contributed by atoms with Crippen LogP contribution < -0.4 is 0 Å². The van der Waals surface area contributed by atoms with E-state index >= 15 is 0 Å². The summed E-state index contributed by atoms with van der Waals surface area (Å²) in [5, 5.41) is 9.32. The highest BCUT2D eigenvalue weighted by molar-refractivity contribution is 6.30. The fourth-order valence-corrected chi connectivity index (χ4v) is 6.62. The molecule has 0 aliphatic carbocycles. The first-order valence-corrected chi connectivity index (χ1v) is 13.6. The van der Waals surface area contributed by atoms with Crippen LogP contribution in [0, 0.1) is 0 Å². The van der Waals surface area contributed by atoms with Crippen molar-refractivity contribution >= 4 is 65.4 Å². The molecule has 0 amide bonds. The Morgan fingerprint density at radius 2 is 0.850 bits per heavy atom. The third kappa shape index (κ3) is 2.88. The normalized spacial score (nSPS) is 12.0. The summed E-state index contributed by atoms with van der Waals surface area (Å²) in [5.41, 5.74) is 8.20. The van der Waals surface area contributed by atoms with Gasteiger partial charge >= 0.3 is 0 Å². The van der Waals surface area contributed by atoms with Gasteiger partial charge in [0.15, 0.2) is 0 Å². The van der Waals surface area contributed by atoms with Crippen molar-refractivity contribution in [2.24, 2.45) is 0 Å². The van der Waals surface area contributed by atoms with Gasteiger partial charge in [-0.15, -0.1) is 0 Å². The topological polar surface area (TPSA) is 26.3 Å². The largest absolute Gasteiger partial charge is 0.456 e. The number of para-hydroxylation sites is 2. The lowest BCUT2D eigenvalue weighted by molar-refractivity contribution is 0.669. The monoisotopic (exact) mass is 510 g/mol.